The van der Waals surface area contributed by atoms with Crippen LogP contribution in [0.15, 0.2) is 78.9 Å². The first-order valence-corrected chi connectivity index (χ1v) is 8.77. The summed E-state index contributed by atoms with van der Waals surface area (Å²) in [6.07, 6.45) is -1.10. The van der Waals surface area contributed by atoms with Crippen molar-refractivity contribution in [1.29, 1.82) is 0 Å². The summed E-state index contributed by atoms with van der Waals surface area (Å²) in [5, 5.41) is 18.9. The number of rotatable bonds is 3. The molecule has 0 saturated heterocycles. The molecular formula is C22H15N3O3. The van der Waals surface area contributed by atoms with E-state index in [4.69, 9.17) is 4.74 Å². The first kappa shape index (κ1) is 16.1. The first-order chi connectivity index (χ1) is 13.7. The van der Waals surface area contributed by atoms with Gasteiger partial charge in [-0.1, -0.05) is 48.5 Å². The maximum Gasteiger partial charge on any atom is 0.416 e. The Balaban J connectivity index is 1.87. The van der Waals surface area contributed by atoms with Gasteiger partial charge < -0.3 is 9.84 Å². The third-order valence-corrected chi connectivity index (χ3v) is 4.68. The van der Waals surface area contributed by atoms with Crippen molar-refractivity contribution in [2.75, 3.05) is 0 Å². The third kappa shape index (κ3) is 2.43. The zero-order chi connectivity index (χ0) is 19.1. The molecule has 0 atom stereocenters. The van der Waals surface area contributed by atoms with Crippen molar-refractivity contribution >= 4 is 27.9 Å². The Kier molecular flexibility index (Phi) is 3.62. The molecule has 0 spiro atoms. The number of ether oxygens (including phenoxy) is 1. The zero-order valence-corrected chi connectivity index (χ0v) is 14.7. The second kappa shape index (κ2) is 6.28. The highest BCUT2D eigenvalue weighted by Gasteiger charge is 2.27. The lowest BCUT2D eigenvalue weighted by atomic mass is 10.1. The van der Waals surface area contributed by atoms with E-state index >= 15 is 0 Å². The summed E-state index contributed by atoms with van der Waals surface area (Å²) in [6.45, 7) is 0. The van der Waals surface area contributed by atoms with Gasteiger partial charge in [-0.05, 0) is 30.3 Å². The van der Waals surface area contributed by atoms with Gasteiger partial charge in [-0.15, -0.1) is 0 Å². The number of fused-ring (bicyclic) bond motifs is 2. The van der Waals surface area contributed by atoms with Crippen molar-refractivity contribution in [2.45, 2.75) is 0 Å². The maximum absolute atomic E-state index is 12.2. The number of nitrogens with zero attached hydrogens (tertiary/aromatic N) is 2. The molecule has 6 nitrogen and oxygen atoms in total. The Morgan fingerprint density at radius 1 is 0.893 bits per heavy atom. The van der Waals surface area contributed by atoms with Gasteiger partial charge in [-0.3, -0.25) is 5.10 Å². The largest absolute Gasteiger partial charge is 0.464 e. The summed E-state index contributed by atoms with van der Waals surface area (Å²) in [6, 6.07) is 24.2. The molecule has 0 saturated carbocycles. The lowest BCUT2D eigenvalue weighted by Crippen LogP contribution is -2.09. The van der Waals surface area contributed by atoms with Gasteiger partial charge >= 0.3 is 6.09 Å². The van der Waals surface area contributed by atoms with E-state index in [1.54, 1.807) is 12.1 Å². The molecule has 2 aromatic heterocycles. The molecule has 0 fully saturated rings. The number of carbonyl (C=O) groups is 1. The molecule has 5 aromatic rings. The zero-order valence-electron chi connectivity index (χ0n) is 14.7. The van der Waals surface area contributed by atoms with E-state index in [0.29, 0.717) is 33.8 Å². The molecule has 5 rings (SSSR count). The second-order valence-corrected chi connectivity index (χ2v) is 6.35. The number of para-hydroxylation sites is 3. The monoisotopic (exact) mass is 369 g/mol. The van der Waals surface area contributed by atoms with Crippen molar-refractivity contribution < 1.29 is 14.6 Å². The van der Waals surface area contributed by atoms with Crippen molar-refractivity contribution in [3.05, 3.63) is 78.9 Å². The molecule has 6 heteroatoms. The van der Waals surface area contributed by atoms with Crippen LogP contribution < -0.4 is 4.74 Å². The van der Waals surface area contributed by atoms with Crippen LogP contribution in [0.25, 0.3) is 33.2 Å². The number of hydrogen-bond donors (Lipinski definition) is 2. The van der Waals surface area contributed by atoms with Gasteiger partial charge in [0, 0.05) is 10.8 Å². The molecule has 28 heavy (non-hydrogen) atoms. The van der Waals surface area contributed by atoms with E-state index in [1.165, 1.54) is 4.57 Å². The quantitative estimate of drug-likeness (QED) is 0.440. The van der Waals surface area contributed by atoms with Gasteiger partial charge in [-0.25, -0.2) is 9.36 Å². The molecule has 0 radical (unpaired) electrons. The van der Waals surface area contributed by atoms with Crippen LogP contribution in [-0.4, -0.2) is 26.0 Å². The highest BCUT2D eigenvalue weighted by molar-refractivity contribution is 6.05. The summed E-state index contributed by atoms with van der Waals surface area (Å²) in [4.78, 5) is 12.2. The predicted molar refractivity (Wildman–Crippen MR) is 107 cm³/mol. The Labute approximate surface area is 159 Å². The second-order valence-electron chi connectivity index (χ2n) is 6.35. The highest BCUT2D eigenvalue weighted by Crippen LogP contribution is 2.43. The summed E-state index contributed by atoms with van der Waals surface area (Å²) < 4.78 is 7.42. The van der Waals surface area contributed by atoms with Crippen molar-refractivity contribution in [3.63, 3.8) is 0 Å². The number of aromatic amines is 1. The van der Waals surface area contributed by atoms with E-state index < -0.39 is 6.09 Å². The average molecular weight is 369 g/mol. The minimum absolute atomic E-state index is 0.398. The molecule has 2 heterocycles. The molecule has 0 aliphatic heterocycles. The molecule has 2 N–H and O–H groups in total. The summed E-state index contributed by atoms with van der Waals surface area (Å²) in [5.41, 5.74) is 2.29. The summed E-state index contributed by atoms with van der Waals surface area (Å²) in [5.74, 6) is 1.08. The van der Waals surface area contributed by atoms with Crippen LogP contribution in [0.5, 0.6) is 11.5 Å². The summed E-state index contributed by atoms with van der Waals surface area (Å²) >= 11 is 0. The van der Waals surface area contributed by atoms with E-state index in [9.17, 15) is 9.90 Å². The number of H-pyrrole nitrogens is 1. The highest BCUT2D eigenvalue weighted by atomic mass is 16.5. The van der Waals surface area contributed by atoms with Crippen molar-refractivity contribution in [2.24, 2.45) is 0 Å². The van der Waals surface area contributed by atoms with Crippen molar-refractivity contribution in [3.8, 4) is 22.9 Å². The number of nitrogens with one attached hydrogen (secondary N) is 1. The SMILES string of the molecule is O=C(O)n1c(-c2n[nH]c3ccccc23)c(Oc2ccccc2)c2ccccc21. The predicted octanol–water partition coefficient (Wildman–Crippen LogP) is 5.50. The van der Waals surface area contributed by atoms with Gasteiger partial charge in [0.25, 0.3) is 0 Å². The first-order valence-electron chi connectivity index (χ1n) is 8.77. The number of aromatic nitrogens is 3. The Morgan fingerprint density at radius 2 is 1.57 bits per heavy atom. The summed E-state index contributed by atoms with van der Waals surface area (Å²) in [7, 11) is 0. The molecule has 0 unspecified atom stereocenters. The lowest BCUT2D eigenvalue weighted by molar-refractivity contribution is 0.197. The van der Waals surface area contributed by atoms with Crippen LogP contribution in [0, 0.1) is 0 Å². The Hall–Kier alpha value is -4.06. The van der Waals surface area contributed by atoms with Crippen LogP contribution in [-0.2, 0) is 0 Å². The van der Waals surface area contributed by atoms with Crippen LogP contribution >= 0.6 is 0 Å². The molecule has 0 aliphatic rings. The van der Waals surface area contributed by atoms with E-state index in [0.717, 1.165) is 10.9 Å². The van der Waals surface area contributed by atoms with Crippen molar-refractivity contribution in [1.82, 2.24) is 14.8 Å². The minimum atomic E-state index is -1.10. The molecule has 0 amide bonds. The Bertz CT molecular complexity index is 1320. The fraction of sp³-hybridized carbons (Fsp3) is 0. The van der Waals surface area contributed by atoms with Gasteiger partial charge in [-0.2, -0.15) is 5.10 Å². The topological polar surface area (TPSA) is 80.1 Å². The van der Waals surface area contributed by atoms with Crippen LogP contribution in [0.4, 0.5) is 4.79 Å². The van der Waals surface area contributed by atoms with E-state index in [2.05, 4.69) is 10.2 Å². The molecule has 3 aromatic carbocycles. The van der Waals surface area contributed by atoms with Gasteiger partial charge in [0.2, 0.25) is 0 Å². The molecular weight excluding hydrogens is 354 g/mol. The molecule has 0 aliphatic carbocycles. The normalized spacial score (nSPS) is 11.1. The number of benzene rings is 3. The lowest BCUT2D eigenvalue weighted by Gasteiger charge is -2.08. The smallest absolute Gasteiger partial charge is 0.416 e. The van der Waals surface area contributed by atoms with Gasteiger partial charge in [0.15, 0.2) is 5.75 Å². The maximum atomic E-state index is 12.2. The molecule has 0 bridgehead atoms. The van der Waals surface area contributed by atoms with E-state index in [-0.39, 0.29) is 0 Å². The standard InChI is InChI=1S/C22H15N3O3/c26-22(27)25-18-13-7-5-11-16(18)21(28-14-8-2-1-3-9-14)20(25)19-15-10-4-6-12-17(15)23-24-19/h1-13H,(H,23,24)(H,26,27). The number of carboxylic acid groups (broad SMARTS) is 1. The van der Waals surface area contributed by atoms with Crippen LogP contribution in [0.1, 0.15) is 0 Å². The minimum Gasteiger partial charge on any atom is -0.464 e. The van der Waals surface area contributed by atoms with Crippen LogP contribution in [0.2, 0.25) is 0 Å². The fourth-order valence-electron chi connectivity index (χ4n) is 3.48. The fourth-order valence-corrected chi connectivity index (χ4v) is 3.48. The van der Waals surface area contributed by atoms with Gasteiger partial charge in [0.05, 0.1) is 11.0 Å². The van der Waals surface area contributed by atoms with Gasteiger partial charge in [0.1, 0.15) is 17.1 Å². The molecule has 136 valence electrons. The third-order valence-electron chi connectivity index (χ3n) is 4.68. The Morgan fingerprint density at radius 3 is 2.36 bits per heavy atom. The number of hydrogen-bond acceptors (Lipinski definition) is 3. The van der Waals surface area contributed by atoms with Crippen LogP contribution in [0.3, 0.4) is 0 Å². The van der Waals surface area contributed by atoms with E-state index in [1.807, 2.05) is 66.7 Å². The average Bonchev–Trinajstić information content (AvgIpc) is 3.28.